The number of fused-ring (bicyclic) bond motifs is 1. The van der Waals surface area contributed by atoms with Crippen molar-refractivity contribution in [3.8, 4) is 11.6 Å². The fraction of sp³-hybridized carbons (Fsp3) is 0.429. The summed E-state index contributed by atoms with van der Waals surface area (Å²) in [7, 11) is 0. The highest BCUT2D eigenvalue weighted by Crippen LogP contribution is 2.29. The van der Waals surface area contributed by atoms with E-state index in [-0.39, 0.29) is 0 Å². The molecule has 0 fully saturated rings. The molecule has 2 N–H and O–H groups in total. The third-order valence-electron chi connectivity index (χ3n) is 3.46. The summed E-state index contributed by atoms with van der Waals surface area (Å²) in [5.41, 5.74) is 9.22. The highest BCUT2D eigenvalue weighted by molar-refractivity contribution is 5.38. The number of ether oxygens (including phenoxy) is 1. The number of aryl methyl sites for hydroxylation is 3. The van der Waals surface area contributed by atoms with E-state index in [4.69, 9.17) is 10.5 Å². The van der Waals surface area contributed by atoms with Crippen molar-refractivity contribution in [2.45, 2.75) is 39.3 Å². The van der Waals surface area contributed by atoms with Crippen LogP contribution in [-0.4, -0.2) is 14.8 Å². The average Bonchev–Trinajstić information content (AvgIpc) is 3.06. The molecule has 1 aliphatic rings. The molecule has 0 aromatic carbocycles. The smallest absolute Gasteiger partial charge is 0.224 e. The van der Waals surface area contributed by atoms with E-state index >= 15 is 0 Å². The first-order valence-electron chi connectivity index (χ1n) is 6.72. The molecule has 5 heteroatoms. The van der Waals surface area contributed by atoms with E-state index < -0.39 is 0 Å². The van der Waals surface area contributed by atoms with Gasteiger partial charge in [-0.25, -0.2) is 4.98 Å². The molecule has 0 bridgehead atoms. The zero-order valence-corrected chi connectivity index (χ0v) is 11.1. The lowest BCUT2D eigenvalue weighted by molar-refractivity contribution is 0.453. The molecule has 0 aliphatic heterocycles. The van der Waals surface area contributed by atoms with Crippen LogP contribution in [0.3, 0.4) is 0 Å². The molecule has 5 nitrogen and oxygen atoms in total. The molecule has 0 saturated carbocycles. The van der Waals surface area contributed by atoms with Crippen LogP contribution in [0.15, 0.2) is 18.5 Å². The molecule has 0 spiro atoms. The summed E-state index contributed by atoms with van der Waals surface area (Å²) in [5.74, 6) is 1.33. The molecule has 0 radical (unpaired) electrons. The molecule has 19 heavy (non-hydrogen) atoms. The van der Waals surface area contributed by atoms with E-state index in [0.29, 0.717) is 18.2 Å². The third-order valence-corrected chi connectivity index (χ3v) is 3.46. The molecule has 1 aliphatic carbocycles. The Bertz CT molecular complexity index is 591. The molecule has 2 heterocycles. The first-order valence-corrected chi connectivity index (χ1v) is 6.72. The lowest BCUT2D eigenvalue weighted by atomic mass is 10.1. The van der Waals surface area contributed by atoms with Crippen molar-refractivity contribution in [1.82, 2.24) is 14.8 Å². The van der Waals surface area contributed by atoms with Gasteiger partial charge in [0.05, 0.1) is 12.4 Å². The highest BCUT2D eigenvalue weighted by Gasteiger charge is 2.17. The van der Waals surface area contributed by atoms with Gasteiger partial charge in [0.1, 0.15) is 0 Å². The Labute approximate surface area is 112 Å². The van der Waals surface area contributed by atoms with Crippen LogP contribution in [0, 0.1) is 0 Å². The summed E-state index contributed by atoms with van der Waals surface area (Å²) < 4.78 is 7.66. The lowest BCUT2D eigenvalue weighted by Crippen LogP contribution is -2.04. The Morgan fingerprint density at radius 1 is 1.42 bits per heavy atom. The second-order valence-electron chi connectivity index (χ2n) is 4.75. The molecule has 0 unspecified atom stereocenters. The molecule has 0 atom stereocenters. The predicted molar refractivity (Wildman–Crippen MR) is 72.1 cm³/mol. The van der Waals surface area contributed by atoms with Crippen molar-refractivity contribution in [2.24, 2.45) is 5.73 Å². The summed E-state index contributed by atoms with van der Waals surface area (Å²) in [6.45, 7) is 3.30. The van der Waals surface area contributed by atoms with Gasteiger partial charge in [-0.2, -0.15) is 5.10 Å². The van der Waals surface area contributed by atoms with Crippen molar-refractivity contribution in [3.05, 3.63) is 35.3 Å². The first-order chi connectivity index (χ1) is 9.30. The number of hydrogen-bond donors (Lipinski definition) is 1. The van der Waals surface area contributed by atoms with Crippen molar-refractivity contribution in [2.75, 3.05) is 0 Å². The van der Waals surface area contributed by atoms with Crippen LogP contribution in [0.5, 0.6) is 11.6 Å². The topological polar surface area (TPSA) is 66.0 Å². The Kier molecular flexibility index (Phi) is 3.21. The summed E-state index contributed by atoms with van der Waals surface area (Å²) in [5, 5.41) is 4.19. The van der Waals surface area contributed by atoms with E-state index in [1.807, 2.05) is 17.8 Å². The van der Waals surface area contributed by atoms with Gasteiger partial charge in [0, 0.05) is 24.3 Å². The van der Waals surface area contributed by atoms with Crippen LogP contribution in [0.1, 0.15) is 30.2 Å². The van der Waals surface area contributed by atoms with Crippen LogP contribution in [-0.2, 0) is 25.9 Å². The highest BCUT2D eigenvalue weighted by atomic mass is 16.5. The van der Waals surface area contributed by atoms with Gasteiger partial charge in [-0.15, -0.1) is 0 Å². The van der Waals surface area contributed by atoms with Crippen LogP contribution >= 0.6 is 0 Å². The van der Waals surface area contributed by atoms with Crippen molar-refractivity contribution in [3.63, 3.8) is 0 Å². The van der Waals surface area contributed by atoms with Gasteiger partial charge < -0.3 is 10.5 Å². The predicted octanol–water partition coefficient (Wildman–Crippen LogP) is 2.04. The van der Waals surface area contributed by atoms with Gasteiger partial charge in [0.25, 0.3) is 0 Å². The fourth-order valence-electron chi connectivity index (χ4n) is 2.42. The van der Waals surface area contributed by atoms with Crippen molar-refractivity contribution >= 4 is 0 Å². The molecular formula is C14H18N4O. The second-order valence-corrected chi connectivity index (χ2v) is 4.75. The molecule has 2 aromatic heterocycles. The normalized spacial score (nSPS) is 13.6. The van der Waals surface area contributed by atoms with Crippen LogP contribution < -0.4 is 10.5 Å². The first kappa shape index (κ1) is 12.2. The van der Waals surface area contributed by atoms with Gasteiger partial charge in [-0.05, 0) is 37.8 Å². The maximum Gasteiger partial charge on any atom is 0.224 e. The number of nitrogens with zero attached hydrogens (tertiary/aromatic N) is 3. The second kappa shape index (κ2) is 5.01. The Morgan fingerprint density at radius 3 is 3.05 bits per heavy atom. The fourth-order valence-corrected chi connectivity index (χ4v) is 2.42. The van der Waals surface area contributed by atoms with Crippen LogP contribution in [0.4, 0.5) is 0 Å². The quantitative estimate of drug-likeness (QED) is 0.911. The summed E-state index contributed by atoms with van der Waals surface area (Å²) in [6, 6.07) is 2.13. The third kappa shape index (κ3) is 2.33. The van der Waals surface area contributed by atoms with E-state index in [1.165, 1.54) is 12.0 Å². The molecule has 0 saturated heterocycles. The van der Waals surface area contributed by atoms with E-state index in [2.05, 4.69) is 16.1 Å². The zero-order valence-electron chi connectivity index (χ0n) is 11.1. The summed E-state index contributed by atoms with van der Waals surface area (Å²) in [4.78, 5) is 4.62. The minimum atomic E-state index is 0.442. The van der Waals surface area contributed by atoms with Crippen LogP contribution in [0.25, 0.3) is 0 Å². The van der Waals surface area contributed by atoms with Gasteiger partial charge in [0.15, 0.2) is 5.75 Å². The van der Waals surface area contributed by atoms with Gasteiger partial charge >= 0.3 is 0 Å². The van der Waals surface area contributed by atoms with E-state index in [1.54, 1.807) is 6.20 Å². The Balaban J connectivity index is 1.91. The molecular weight excluding hydrogens is 240 g/mol. The zero-order chi connectivity index (χ0) is 13.2. The van der Waals surface area contributed by atoms with Gasteiger partial charge in [0.2, 0.25) is 5.88 Å². The Morgan fingerprint density at radius 2 is 2.32 bits per heavy atom. The van der Waals surface area contributed by atoms with Gasteiger partial charge in [-0.3, -0.25) is 4.68 Å². The SMILES string of the molecule is CCn1cc(Oc2nc3c(cc2CN)CCC3)cn1. The molecule has 3 rings (SSSR count). The Hall–Kier alpha value is -1.88. The van der Waals surface area contributed by atoms with E-state index in [0.717, 1.165) is 30.6 Å². The number of rotatable bonds is 4. The number of aromatic nitrogens is 3. The number of hydrogen-bond acceptors (Lipinski definition) is 4. The molecule has 100 valence electrons. The van der Waals surface area contributed by atoms with Crippen molar-refractivity contribution < 1.29 is 4.74 Å². The van der Waals surface area contributed by atoms with Crippen LogP contribution in [0.2, 0.25) is 0 Å². The van der Waals surface area contributed by atoms with E-state index in [9.17, 15) is 0 Å². The number of nitrogens with two attached hydrogens (primary N) is 1. The number of pyridine rings is 1. The maximum atomic E-state index is 5.83. The summed E-state index contributed by atoms with van der Waals surface area (Å²) >= 11 is 0. The monoisotopic (exact) mass is 258 g/mol. The largest absolute Gasteiger partial charge is 0.435 e. The summed E-state index contributed by atoms with van der Waals surface area (Å²) in [6.07, 6.45) is 6.88. The van der Waals surface area contributed by atoms with Crippen molar-refractivity contribution in [1.29, 1.82) is 0 Å². The standard InChI is InChI=1S/C14H18N4O/c1-2-18-9-12(8-16-18)19-14-11(7-15)6-10-4-3-5-13(10)17-14/h6,8-9H,2-5,7,15H2,1H3. The minimum absolute atomic E-state index is 0.442. The molecule has 2 aromatic rings. The minimum Gasteiger partial charge on any atom is -0.435 e. The lowest BCUT2D eigenvalue weighted by Gasteiger charge is -2.10. The molecule has 0 amide bonds. The average molecular weight is 258 g/mol. The van der Waals surface area contributed by atoms with Gasteiger partial charge in [-0.1, -0.05) is 0 Å². The maximum absolute atomic E-state index is 5.83.